The van der Waals surface area contributed by atoms with Crippen LogP contribution in [0.25, 0.3) is 0 Å². The van der Waals surface area contributed by atoms with Gasteiger partial charge in [0.25, 0.3) is 0 Å². The molecule has 140 valence electrons. The summed E-state index contributed by atoms with van der Waals surface area (Å²) in [7, 11) is 1.80. The predicted molar refractivity (Wildman–Crippen MR) is 114 cm³/mol. The van der Waals surface area contributed by atoms with Gasteiger partial charge < -0.3 is 15.1 Å². The lowest BCUT2D eigenvalue weighted by molar-refractivity contribution is 0.463. The van der Waals surface area contributed by atoms with Crippen LogP contribution in [0.15, 0.2) is 33.7 Å². The molecule has 1 aromatic carbocycles. The van der Waals surface area contributed by atoms with Crippen molar-refractivity contribution in [2.45, 2.75) is 39.2 Å². The Labute approximate surface area is 172 Å². The zero-order valence-corrected chi connectivity index (χ0v) is 17.9. The van der Waals surface area contributed by atoms with Gasteiger partial charge in [-0.2, -0.15) is 0 Å². The van der Waals surface area contributed by atoms with Crippen molar-refractivity contribution in [3.63, 3.8) is 0 Å². The summed E-state index contributed by atoms with van der Waals surface area (Å²) in [5.41, 5.74) is 4.06. The summed E-state index contributed by atoms with van der Waals surface area (Å²) < 4.78 is 5.61. The van der Waals surface area contributed by atoms with Crippen molar-refractivity contribution in [3.8, 4) is 0 Å². The quantitative estimate of drug-likeness (QED) is 0.411. The zero-order chi connectivity index (χ0) is 17.4. The highest BCUT2D eigenvalue weighted by Gasteiger charge is 2.52. The Bertz CT molecular complexity index is 781. The molecule has 4 rings (SSSR count). The Kier molecular flexibility index (Phi) is 5.89. The predicted octanol–water partition coefficient (Wildman–Crippen LogP) is 3.55. The van der Waals surface area contributed by atoms with Crippen molar-refractivity contribution in [2.75, 3.05) is 13.6 Å². The SMILES string of the molecule is CN=C(NCc1nc(C)c(C)o1)NCC1C2CCc3ccccc3C21.I. The van der Waals surface area contributed by atoms with Crippen molar-refractivity contribution < 1.29 is 4.42 Å². The Morgan fingerprint density at radius 3 is 2.81 bits per heavy atom. The summed E-state index contributed by atoms with van der Waals surface area (Å²) in [5.74, 6) is 4.66. The van der Waals surface area contributed by atoms with Crippen molar-refractivity contribution >= 4 is 29.9 Å². The van der Waals surface area contributed by atoms with Gasteiger partial charge in [-0.15, -0.1) is 24.0 Å². The largest absolute Gasteiger partial charge is 0.444 e. The van der Waals surface area contributed by atoms with E-state index in [-0.39, 0.29) is 24.0 Å². The standard InChI is InChI=1S/C20H26N4O.HI/c1-12-13(2)25-18(24-12)11-23-20(21-3)22-10-17-16-9-8-14-6-4-5-7-15(14)19(16)17;/h4-7,16-17,19H,8-11H2,1-3H3,(H2,21,22,23);1H. The molecule has 1 saturated carbocycles. The van der Waals surface area contributed by atoms with E-state index in [1.54, 1.807) is 18.2 Å². The third-order valence-electron chi connectivity index (χ3n) is 5.70. The first-order valence-corrected chi connectivity index (χ1v) is 9.12. The maximum atomic E-state index is 5.61. The van der Waals surface area contributed by atoms with Gasteiger partial charge >= 0.3 is 0 Å². The minimum atomic E-state index is 0. The maximum Gasteiger partial charge on any atom is 0.214 e. The smallest absolute Gasteiger partial charge is 0.214 e. The lowest BCUT2D eigenvalue weighted by atomic mass is 9.92. The summed E-state index contributed by atoms with van der Waals surface area (Å²) in [6.45, 7) is 5.41. The maximum absolute atomic E-state index is 5.61. The fourth-order valence-corrected chi connectivity index (χ4v) is 4.20. The van der Waals surface area contributed by atoms with E-state index in [1.807, 2.05) is 13.8 Å². The molecule has 0 spiro atoms. The molecule has 5 nitrogen and oxygen atoms in total. The Morgan fingerprint density at radius 2 is 2.08 bits per heavy atom. The third-order valence-corrected chi connectivity index (χ3v) is 5.70. The lowest BCUT2D eigenvalue weighted by Gasteiger charge is -2.13. The number of hydrogen-bond acceptors (Lipinski definition) is 3. The van der Waals surface area contributed by atoms with Gasteiger partial charge in [0.1, 0.15) is 5.76 Å². The van der Waals surface area contributed by atoms with E-state index in [9.17, 15) is 0 Å². The molecule has 1 fully saturated rings. The topological polar surface area (TPSA) is 62.5 Å². The van der Waals surface area contributed by atoms with Crippen molar-refractivity contribution in [1.82, 2.24) is 15.6 Å². The van der Waals surface area contributed by atoms with Crippen LogP contribution in [-0.4, -0.2) is 24.5 Å². The summed E-state index contributed by atoms with van der Waals surface area (Å²) >= 11 is 0. The van der Waals surface area contributed by atoms with Gasteiger partial charge in [-0.3, -0.25) is 4.99 Å². The fraction of sp³-hybridized carbons (Fsp3) is 0.500. The molecule has 2 N–H and O–H groups in total. The molecule has 3 atom stereocenters. The summed E-state index contributed by atoms with van der Waals surface area (Å²) in [5, 5.41) is 6.77. The van der Waals surface area contributed by atoms with Gasteiger partial charge in [-0.1, -0.05) is 24.3 Å². The zero-order valence-electron chi connectivity index (χ0n) is 15.6. The third kappa shape index (κ3) is 3.75. The van der Waals surface area contributed by atoms with Gasteiger partial charge in [-0.25, -0.2) is 4.98 Å². The number of aryl methyl sites for hydroxylation is 3. The van der Waals surface area contributed by atoms with E-state index < -0.39 is 0 Å². The molecule has 0 radical (unpaired) electrons. The number of halogens is 1. The summed E-state index contributed by atoms with van der Waals surface area (Å²) in [4.78, 5) is 8.71. The minimum Gasteiger partial charge on any atom is -0.444 e. The van der Waals surface area contributed by atoms with E-state index in [0.717, 1.165) is 35.8 Å². The second-order valence-corrected chi connectivity index (χ2v) is 7.15. The molecular weight excluding hydrogens is 439 g/mol. The molecule has 0 aliphatic heterocycles. The van der Waals surface area contributed by atoms with E-state index in [1.165, 1.54) is 12.8 Å². The van der Waals surface area contributed by atoms with Gasteiger partial charge in [-0.05, 0) is 55.6 Å². The molecule has 2 aliphatic carbocycles. The first-order chi connectivity index (χ1) is 12.2. The molecule has 2 aliphatic rings. The number of guanidine groups is 1. The van der Waals surface area contributed by atoms with Crippen molar-refractivity contribution in [3.05, 3.63) is 52.7 Å². The number of aromatic nitrogens is 1. The number of benzene rings is 1. The van der Waals surface area contributed by atoms with E-state index in [2.05, 4.69) is 44.9 Å². The molecule has 0 bridgehead atoms. The molecule has 1 heterocycles. The highest BCUT2D eigenvalue weighted by Crippen LogP contribution is 2.59. The number of hydrogen-bond donors (Lipinski definition) is 2. The van der Waals surface area contributed by atoms with Crippen molar-refractivity contribution in [2.24, 2.45) is 16.8 Å². The van der Waals surface area contributed by atoms with E-state index in [4.69, 9.17) is 4.42 Å². The Balaban J connectivity index is 0.00000196. The van der Waals surface area contributed by atoms with Crippen LogP contribution in [0.1, 0.15) is 40.8 Å². The van der Waals surface area contributed by atoms with E-state index in [0.29, 0.717) is 18.4 Å². The van der Waals surface area contributed by atoms with Crippen LogP contribution in [-0.2, 0) is 13.0 Å². The molecule has 1 aromatic heterocycles. The number of rotatable bonds is 4. The fourth-order valence-electron chi connectivity index (χ4n) is 4.20. The van der Waals surface area contributed by atoms with Crippen LogP contribution in [0.4, 0.5) is 0 Å². The second kappa shape index (κ2) is 7.98. The molecule has 26 heavy (non-hydrogen) atoms. The lowest BCUT2D eigenvalue weighted by Crippen LogP contribution is -2.38. The van der Waals surface area contributed by atoms with E-state index >= 15 is 0 Å². The molecular formula is C20H27IN4O. The number of aliphatic imine (C=N–C) groups is 1. The van der Waals surface area contributed by atoms with Gasteiger partial charge in [0, 0.05) is 13.6 Å². The molecule has 0 amide bonds. The monoisotopic (exact) mass is 466 g/mol. The van der Waals surface area contributed by atoms with Crippen LogP contribution in [0.2, 0.25) is 0 Å². The number of nitrogens with one attached hydrogen (secondary N) is 2. The molecule has 2 aromatic rings. The summed E-state index contributed by atoms with van der Waals surface area (Å²) in [6.07, 6.45) is 2.54. The average Bonchev–Trinajstić information content (AvgIpc) is 3.25. The number of oxazole rings is 1. The molecule has 6 heteroatoms. The van der Waals surface area contributed by atoms with Gasteiger partial charge in [0.05, 0.1) is 12.2 Å². The highest BCUT2D eigenvalue weighted by molar-refractivity contribution is 14.0. The van der Waals surface area contributed by atoms with Crippen LogP contribution in [0.3, 0.4) is 0 Å². The van der Waals surface area contributed by atoms with Crippen LogP contribution in [0.5, 0.6) is 0 Å². The minimum absolute atomic E-state index is 0. The van der Waals surface area contributed by atoms with Gasteiger partial charge in [0.15, 0.2) is 5.96 Å². The molecule has 3 unspecified atom stereocenters. The van der Waals surface area contributed by atoms with Gasteiger partial charge in [0.2, 0.25) is 5.89 Å². The first-order valence-electron chi connectivity index (χ1n) is 9.12. The normalized spacial score (nSPS) is 23.5. The van der Waals surface area contributed by atoms with Crippen molar-refractivity contribution in [1.29, 1.82) is 0 Å². The average molecular weight is 466 g/mol. The van der Waals surface area contributed by atoms with Crippen LogP contribution >= 0.6 is 24.0 Å². The second-order valence-electron chi connectivity index (χ2n) is 7.15. The number of fused-ring (bicyclic) bond motifs is 3. The Morgan fingerprint density at radius 1 is 1.27 bits per heavy atom. The molecule has 0 saturated heterocycles. The summed E-state index contributed by atoms with van der Waals surface area (Å²) in [6, 6.07) is 8.93. The first kappa shape index (κ1) is 19.2. The Hall–Kier alpha value is -1.57. The number of nitrogens with zero attached hydrogens (tertiary/aromatic N) is 2. The van der Waals surface area contributed by atoms with Crippen LogP contribution < -0.4 is 10.6 Å². The highest BCUT2D eigenvalue weighted by atomic mass is 127. The van der Waals surface area contributed by atoms with Crippen LogP contribution in [0, 0.1) is 25.7 Å².